The molecule has 3 fully saturated rings. The van der Waals surface area contributed by atoms with Crippen molar-refractivity contribution in [2.24, 2.45) is 5.92 Å². The summed E-state index contributed by atoms with van der Waals surface area (Å²) < 4.78 is 0. The van der Waals surface area contributed by atoms with Gasteiger partial charge in [-0.2, -0.15) is 5.10 Å². The Balaban J connectivity index is 1.44. The second-order valence-corrected chi connectivity index (χ2v) is 7.98. The van der Waals surface area contributed by atoms with Crippen LogP contribution in [-0.2, 0) is 0 Å². The van der Waals surface area contributed by atoms with Crippen LogP contribution in [0.15, 0.2) is 35.7 Å². The van der Waals surface area contributed by atoms with Gasteiger partial charge < -0.3 is 10.2 Å². The quantitative estimate of drug-likeness (QED) is 0.761. The summed E-state index contributed by atoms with van der Waals surface area (Å²) >= 11 is 1.70. The third kappa shape index (κ3) is 2.65. The van der Waals surface area contributed by atoms with Crippen LogP contribution in [0.5, 0.6) is 0 Å². The Labute approximate surface area is 150 Å². The largest absolute Gasteiger partial charge is 0.346 e. The third-order valence-electron chi connectivity index (χ3n) is 5.56. The molecule has 6 heteroatoms. The highest BCUT2D eigenvalue weighted by Gasteiger charge is 2.35. The number of piperidine rings is 3. The van der Waals surface area contributed by atoms with E-state index in [-0.39, 0.29) is 11.9 Å². The number of fused-ring (bicyclic) bond motifs is 4. The number of H-pyrrole nitrogens is 1. The number of aromatic amines is 1. The maximum absolute atomic E-state index is 12.9. The first kappa shape index (κ1) is 15.1. The van der Waals surface area contributed by atoms with Gasteiger partial charge in [0.2, 0.25) is 0 Å². The zero-order chi connectivity index (χ0) is 16.8. The second-order valence-electron chi connectivity index (χ2n) is 7.03. The maximum Gasteiger partial charge on any atom is 0.272 e. The molecule has 0 radical (unpaired) electrons. The maximum atomic E-state index is 12.9. The summed E-state index contributed by atoms with van der Waals surface area (Å²) in [5.41, 5.74) is 2.53. The smallest absolute Gasteiger partial charge is 0.272 e. The van der Waals surface area contributed by atoms with Crippen molar-refractivity contribution >= 4 is 28.1 Å². The Morgan fingerprint density at radius 3 is 2.88 bits per heavy atom. The van der Waals surface area contributed by atoms with Crippen molar-refractivity contribution in [2.75, 3.05) is 19.6 Å². The van der Waals surface area contributed by atoms with Crippen LogP contribution in [0.2, 0.25) is 0 Å². The van der Waals surface area contributed by atoms with E-state index in [0.717, 1.165) is 23.0 Å². The fraction of sp³-hybridized carbons (Fsp3) is 0.368. The van der Waals surface area contributed by atoms with Gasteiger partial charge in [0.1, 0.15) is 0 Å². The van der Waals surface area contributed by atoms with E-state index in [2.05, 4.69) is 44.0 Å². The predicted molar refractivity (Wildman–Crippen MR) is 99.8 cm³/mol. The lowest BCUT2D eigenvalue weighted by molar-refractivity contribution is 0.0618. The summed E-state index contributed by atoms with van der Waals surface area (Å²) in [7, 11) is 0. The fourth-order valence-electron chi connectivity index (χ4n) is 4.15. The van der Waals surface area contributed by atoms with E-state index in [1.54, 1.807) is 11.3 Å². The van der Waals surface area contributed by atoms with E-state index in [9.17, 15) is 4.79 Å². The number of rotatable bonds is 3. The van der Waals surface area contributed by atoms with Crippen molar-refractivity contribution in [3.8, 4) is 10.4 Å². The van der Waals surface area contributed by atoms with Gasteiger partial charge in [-0.05, 0) is 61.0 Å². The molecule has 3 aliphatic heterocycles. The Morgan fingerprint density at radius 2 is 2.16 bits per heavy atom. The normalized spacial score (nSPS) is 25.4. The topological polar surface area (TPSA) is 61.0 Å². The van der Waals surface area contributed by atoms with E-state index < -0.39 is 0 Å². The summed E-state index contributed by atoms with van der Waals surface area (Å²) in [6, 6.07) is 10.5. The molecule has 2 bridgehead atoms. The Hall–Kier alpha value is -2.18. The van der Waals surface area contributed by atoms with Crippen molar-refractivity contribution in [1.29, 1.82) is 0 Å². The molecule has 3 saturated heterocycles. The van der Waals surface area contributed by atoms with Crippen molar-refractivity contribution < 1.29 is 4.79 Å². The molecule has 0 aliphatic carbocycles. The monoisotopic (exact) mass is 352 g/mol. The number of hydrogen-bond acceptors (Lipinski definition) is 4. The number of aromatic nitrogens is 2. The van der Waals surface area contributed by atoms with Gasteiger partial charge in [0.25, 0.3) is 5.91 Å². The minimum absolute atomic E-state index is 0.0617. The summed E-state index contributed by atoms with van der Waals surface area (Å²) in [6.07, 6.45) is 2.38. The second kappa shape index (κ2) is 5.97. The van der Waals surface area contributed by atoms with Gasteiger partial charge in [0.15, 0.2) is 5.69 Å². The number of amides is 1. The first-order chi connectivity index (χ1) is 12.3. The lowest BCUT2D eigenvalue weighted by atomic mass is 9.84. The molecule has 128 valence electrons. The van der Waals surface area contributed by atoms with Crippen LogP contribution in [0.4, 0.5) is 0 Å². The highest BCUT2D eigenvalue weighted by atomic mass is 32.1. The Kier molecular flexibility index (Phi) is 3.60. The molecule has 5 nitrogen and oxygen atoms in total. The van der Waals surface area contributed by atoms with E-state index in [0.29, 0.717) is 11.6 Å². The van der Waals surface area contributed by atoms with Gasteiger partial charge in [-0.15, -0.1) is 11.3 Å². The number of carbonyl (C=O) groups is 1. The zero-order valence-electron chi connectivity index (χ0n) is 13.9. The molecule has 25 heavy (non-hydrogen) atoms. The first-order valence-electron chi connectivity index (χ1n) is 8.83. The summed E-state index contributed by atoms with van der Waals surface area (Å²) in [5, 5.41) is 13.5. The highest BCUT2D eigenvalue weighted by Crippen LogP contribution is 2.30. The number of benzene rings is 1. The molecule has 5 heterocycles. The van der Waals surface area contributed by atoms with E-state index in [1.165, 1.54) is 30.8 Å². The molecular weight excluding hydrogens is 332 g/mol. The van der Waals surface area contributed by atoms with Crippen LogP contribution in [-0.4, -0.2) is 46.7 Å². The van der Waals surface area contributed by atoms with Crippen molar-refractivity contribution in [3.05, 3.63) is 41.4 Å². The lowest BCUT2D eigenvalue weighted by Gasteiger charge is -2.44. The van der Waals surface area contributed by atoms with Gasteiger partial charge in [0.05, 0.1) is 5.52 Å². The summed E-state index contributed by atoms with van der Waals surface area (Å²) in [6.45, 7) is 3.32. The van der Waals surface area contributed by atoms with Crippen LogP contribution in [0, 0.1) is 5.92 Å². The minimum atomic E-state index is -0.0617. The summed E-state index contributed by atoms with van der Waals surface area (Å²) in [4.78, 5) is 16.5. The number of nitrogens with zero attached hydrogens (tertiary/aromatic N) is 2. The lowest BCUT2D eigenvalue weighted by Crippen LogP contribution is -2.57. The van der Waals surface area contributed by atoms with Crippen LogP contribution in [0.25, 0.3) is 21.3 Å². The molecule has 0 spiro atoms. The van der Waals surface area contributed by atoms with E-state index in [4.69, 9.17) is 0 Å². The molecule has 3 aromatic rings. The molecule has 0 unspecified atom stereocenters. The molecule has 2 N–H and O–H groups in total. The van der Waals surface area contributed by atoms with Gasteiger partial charge in [-0.25, -0.2) is 0 Å². The molecule has 6 rings (SSSR count). The fourth-order valence-corrected chi connectivity index (χ4v) is 4.87. The molecule has 0 saturated carbocycles. The number of carbonyl (C=O) groups excluding carboxylic acids is 1. The SMILES string of the molecule is O=C(N[C@@H]1CN2CCC1CC2)c1n[nH]c2ccc(-c3cccs3)cc12. The first-order valence-corrected chi connectivity index (χ1v) is 9.71. The number of nitrogens with one attached hydrogen (secondary N) is 2. The minimum Gasteiger partial charge on any atom is -0.346 e. The molecule has 1 aromatic carbocycles. The Bertz CT molecular complexity index is 909. The number of thiophene rings is 1. The van der Waals surface area contributed by atoms with Crippen LogP contribution in [0.3, 0.4) is 0 Å². The average Bonchev–Trinajstić information content (AvgIpc) is 3.32. The van der Waals surface area contributed by atoms with Crippen LogP contribution in [0.1, 0.15) is 23.3 Å². The van der Waals surface area contributed by atoms with Gasteiger partial charge >= 0.3 is 0 Å². The zero-order valence-corrected chi connectivity index (χ0v) is 14.7. The standard InChI is InChI=1S/C19H20N4OS/c24-19(20-16-11-23-7-5-12(16)6-8-23)18-14-10-13(17-2-1-9-25-17)3-4-15(14)21-22-18/h1-4,9-10,12,16H,5-8,11H2,(H,20,24)(H,21,22)/t16-/m1/s1. The molecule has 1 amide bonds. The summed E-state index contributed by atoms with van der Waals surface area (Å²) in [5.74, 6) is 0.550. The van der Waals surface area contributed by atoms with Gasteiger partial charge in [-0.1, -0.05) is 12.1 Å². The van der Waals surface area contributed by atoms with E-state index in [1.807, 2.05) is 12.1 Å². The Morgan fingerprint density at radius 1 is 1.28 bits per heavy atom. The van der Waals surface area contributed by atoms with Gasteiger partial charge in [0, 0.05) is 22.8 Å². The van der Waals surface area contributed by atoms with Crippen LogP contribution >= 0.6 is 11.3 Å². The molecule has 2 aromatic heterocycles. The van der Waals surface area contributed by atoms with Crippen molar-refractivity contribution in [3.63, 3.8) is 0 Å². The van der Waals surface area contributed by atoms with E-state index >= 15 is 0 Å². The van der Waals surface area contributed by atoms with Crippen LogP contribution < -0.4 is 5.32 Å². The predicted octanol–water partition coefficient (Wildman–Crippen LogP) is 3.12. The number of hydrogen-bond donors (Lipinski definition) is 2. The van der Waals surface area contributed by atoms with Crippen molar-refractivity contribution in [1.82, 2.24) is 20.4 Å². The molecule has 3 aliphatic rings. The molecular formula is C19H20N4OS. The van der Waals surface area contributed by atoms with Crippen molar-refractivity contribution in [2.45, 2.75) is 18.9 Å². The molecule has 1 atom stereocenters. The average molecular weight is 352 g/mol. The third-order valence-corrected chi connectivity index (χ3v) is 6.48. The highest BCUT2D eigenvalue weighted by molar-refractivity contribution is 7.13. The van der Waals surface area contributed by atoms with Gasteiger partial charge in [-0.3, -0.25) is 9.89 Å².